The van der Waals surface area contributed by atoms with Crippen molar-refractivity contribution >= 4 is 11.7 Å². The number of carboxylic acids is 1. The van der Waals surface area contributed by atoms with E-state index in [0.29, 0.717) is 13.1 Å². The van der Waals surface area contributed by atoms with Crippen LogP contribution in [0, 0.1) is 5.82 Å². The lowest BCUT2D eigenvalue weighted by atomic mass is 10.1. The highest BCUT2D eigenvalue weighted by Crippen LogP contribution is 2.19. The van der Waals surface area contributed by atoms with Gasteiger partial charge in [-0.1, -0.05) is 12.1 Å². The topological polar surface area (TPSA) is 65.5 Å². The molecule has 2 aromatic rings. The first-order chi connectivity index (χ1) is 10.6. The largest absolute Gasteiger partial charge is 0.480 e. The molecule has 0 radical (unpaired) electrons. The van der Waals surface area contributed by atoms with Crippen molar-refractivity contribution in [3.05, 3.63) is 59.7 Å². The van der Waals surface area contributed by atoms with Gasteiger partial charge in [-0.2, -0.15) is 0 Å². The fourth-order valence-corrected chi connectivity index (χ4v) is 2.10. The molecule has 116 valence electrons. The molecule has 0 unspecified atom stereocenters. The minimum atomic E-state index is -0.998. The Morgan fingerprint density at radius 1 is 1.32 bits per heavy atom. The number of halogens is 1. The van der Waals surface area contributed by atoms with Crippen LogP contribution in [0.3, 0.4) is 0 Å². The lowest BCUT2D eigenvalue weighted by Gasteiger charge is -2.18. The van der Waals surface area contributed by atoms with Gasteiger partial charge in [0.05, 0.1) is 5.69 Å². The molecular weight excluding hydrogens is 285 g/mol. The van der Waals surface area contributed by atoms with Crippen molar-refractivity contribution in [2.45, 2.75) is 13.1 Å². The molecule has 0 amide bonds. The van der Waals surface area contributed by atoms with Crippen molar-refractivity contribution < 1.29 is 14.3 Å². The summed E-state index contributed by atoms with van der Waals surface area (Å²) >= 11 is 0. The van der Waals surface area contributed by atoms with Crippen LogP contribution in [-0.4, -0.2) is 29.7 Å². The number of rotatable bonds is 7. The van der Waals surface area contributed by atoms with Crippen molar-refractivity contribution in [3.63, 3.8) is 0 Å². The summed E-state index contributed by atoms with van der Waals surface area (Å²) in [5.41, 5.74) is 2.23. The molecule has 0 atom stereocenters. The van der Waals surface area contributed by atoms with Gasteiger partial charge in [-0.3, -0.25) is 9.78 Å². The first kappa shape index (κ1) is 15.9. The summed E-state index contributed by atoms with van der Waals surface area (Å²) in [5.74, 6) is -1.43. The zero-order valence-electron chi connectivity index (χ0n) is 12.3. The highest BCUT2D eigenvalue weighted by molar-refractivity contribution is 5.73. The smallest absolute Gasteiger partial charge is 0.323 e. The Kier molecular flexibility index (Phi) is 5.43. The van der Waals surface area contributed by atoms with E-state index in [0.717, 1.165) is 11.1 Å². The molecule has 0 bridgehead atoms. The minimum absolute atomic E-state index is 0.247. The van der Waals surface area contributed by atoms with Crippen LogP contribution >= 0.6 is 0 Å². The highest BCUT2D eigenvalue weighted by Gasteiger charge is 2.11. The minimum Gasteiger partial charge on any atom is -0.480 e. The predicted molar refractivity (Wildman–Crippen MR) is 82.1 cm³/mol. The second-order valence-corrected chi connectivity index (χ2v) is 5.00. The summed E-state index contributed by atoms with van der Waals surface area (Å²) in [6.45, 7) is 0.970. The van der Waals surface area contributed by atoms with Gasteiger partial charge in [-0.15, -0.1) is 0 Å². The van der Waals surface area contributed by atoms with E-state index in [1.165, 1.54) is 11.0 Å². The van der Waals surface area contributed by atoms with E-state index in [1.54, 1.807) is 31.6 Å². The van der Waals surface area contributed by atoms with Gasteiger partial charge in [0.25, 0.3) is 0 Å². The van der Waals surface area contributed by atoms with Crippen LogP contribution in [0.2, 0.25) is 0 Å². The Hall–Kier alpha value is -2.47. The van der Waals surface area contributed by atoms with Crippen LogP contribution in [0.1, 0.15) is 11.1 Å². The second kappa shape index (κ2) is 7.51. The average molecular weight is 303 g/mol. The fraction of sp³-hybridized carbons (Fsp3) is 0.250. The van der Waals surface area contributed by atoms with Crippen molar-refractivity contribution in [1.82, 2.24) is 10.3 Å². The summed E-state index contributed by atoms with van der Waals surface area (Å²) in [7, 11) is 1.55. The molecule has 0 aliphatic rings. The number of benzene rings is 1. The van der Waals surface area contributed by atoms with Crippen molar-refractivity contribution in [2.24, 2.45) is 0 Å². The maximum absolute atomic E-state index is 13.8. The number of likely N-dealkylation sites (N-methyl/N-ethyl adjacent to an activating group) is 1. The van der Waals surface area contributed by atoms with E-state index in [-0.39, 0.29) is 12.2 Å². The summed E-state index contributed by atoms with van der Waals surface area (Å²) in [5, 5.41) is 12.0. The number of aliphatic carboxylic acids is 1. The van der Waals surface area contributed by atoms with Crippen molar-refractivity contribution in [2.75, 3.05) is 18.5 Å². The van der Waals surface area contributed by atoms with Crippen LogP contribution in [0.15, 0.2) is 42.7 Å². The number of carbonyl (C=O) groups is 1. The van der Waals surface area contributed by atoms with E-state index in [2.05, 4.69) is 10.3 Å². The van der Waals surface area contributed by atoms with Gasteiger partial charge in [0.15, 0.2) is 0 Å². The highest BCUT2D eigenvalue weighted by atomic mass is 19.1. The van der Waals surface area contributed by atoms with Gasteiger partial charge in [0, 0.05) is 32.5 Å². The number of carboxylic acid groups (broad SMARTS) is 1. The second-order valence-electron chi connectivity index (χ2n) is 5.00. The SMILES string of the molecule is CN(CC(=O)O)c1cc(CNCc2cccnc2)ccc1F. The van der Waals surface area contributed by atoms with Gasteiger partial charge in [0.2, 0.25) is 0 Å². The van der Waals surface area contributed by atoms with E-state index < -0.39 is 11.8 Å². The molecule has 2 N–H and O–H groups in total. The normalized spacial score (nSPS) is 10.5. The molecule has 6 heteroatoms. The van der Waals surface area contributed by atoms with E-state index in [1.807, 2.05) is 12.1 Å². The number of hydrogen-bond donors (Lipinski definition) is 2. The Morgan fingerprint density at radius 3 is 2.77 bits per heavy atom. The van der Waals surface area contributed by atoms with E-state index in [9.17, 15) is 9.18 Å². The molecule has 1 aromatic carbocycles. The monoisotopic (exact) mass is 303 g/mol. The zero-order chi connectivity index (χ0) is 15.9. The first-order valence-corrected chi connectivity index (χ1v) is 6.87. The Labute approximate surface area is 128 Å². The lowest BCUT2D eigenvalue weighted by Crippen LogP contribution is -2.26. The molecule has 0 aliphatic heterocycles. The Morgan fingerprint density at radius 2 is 2.09 bits per heavy atom. The fourth-order valence-electron chi connectivity index (χ4n) is 2.10. The lowest BCUT2D eigenvalue weighted by molar-refractivity contribution is -0.135. The van der Waals surface area contributed by atoms with Gasteiger partial charge in [0.1, 0.15) is 12.4 Å². The molecule has 22 heavy (non-hydrogen) atoms. The summed E-state index contributed by atoms with van der Waals surface area (Å²) in [4.78, 5) is 16.1. The van der Waals surface area contributed by atoms with Crippen LogP contribution < -0.4 is 10.2 Å². The van der Waals surface area contributed by atoms with E-state index in [4.69, 9.17) is 5.11 Å². The predicted octanol–water partition coefficient (Wildman–Crippen LogP) is 2.03. The third-order valence-corrected chi connectivity index (χ3v) is 3.18. The number of anilines is 1. The number of nitrogens with zero attached hydrogens (tertiary/aromatic N) is 2. The van der Waals surface area contributed by atoms with Crippen LogP contribution in [0.5, 0.6) is 0 Å². The standard InChI is InChI=1S/C16H18FN3O2/c1-20(11-16(21)22)15-7-12(4-5-14(15)17)8-19-10-13-3-2-6-18-9-13/h2-7,9,19H,8,10-11H2,1H3,(H,21,22). The number of nitrogens with one attached hydrogen (secondary N) is 1. The molecule has 1 heterocycles. The number of aromatic nitrogens is 1. The van der Waals surface area contributed by atoms with E-state index >= 15 is 0 Å². The van der Waals surface area contributed by atoms with Crippen LogP contribution in [0.25, 0.3) is 0 Å². The number of hydrogen-bond acceptors (Lipinski definition) is 4. The Balaban J connectivity index is 1.98. The molecular formula is C16H18FN3O2. The van der Waals surface area contributed by atoms with Gasteiger partial charge in [-0.05, 0) is 29.3 Å². The molecule has 0 spiro atoms. The van der Waals surface area contributed by atoms with Crippen molar-refractivity contribution in [3.8, 4) is 0 Å². The summed E-state index contributed by atoms with van der Waals surface area (Å²) < 4.78 is 13.8. The number of pyridine rings is 1. The molecule has 0 fully saturated rings. The van der Waals surface area contributed by atoms with Gasteiger partial charge < -0.3 is 15.3 Å². The van der Waals surface area contributed by atoms with Gasteiger partial charge >= 0.3 is 5.97 Å². The summed E-state index contributed by atoms with van der Waals surface area (Å²) in [6.07, 6.45) is 3.50. The summed E-state index contributed by atoms with van der Waals surface area (Å²) in [6, 6.07) is 8.54. The third-order valence-electron chi connectivity index (χ3n) is 3.18. The zero-order valence-corrected chi connectivity index (χ0v) is 12.3. The molecule has 2 rings (SSSR count). The van der Waals surface area contributed by atoms with Crippen molar-refractivity contribution in [1.29, 1.82) is 0 Å². The van der Waals surface area contributed by atoms with Crippen LogP contribution in [0.4, 0.5) is 10.1 Å². The maximum atomic E-state index is 13.8. The molecule has 5 nitrogen and oxygen atoms in total. The Bertz CT molecular complexity index is 635. The molecule has 0 saturated carbocycles. The quantitative estimate of drug-likeness (QED) is 0.819. The molecule has 0 aliphatic carbocycles. The maximum Gasteiger partial charge on any atom is 0.323 e. The third kappa shape index (κ3) is 4.53. The van der Waals surface area contributed by atoms with Gasteiger partial charge in [-0.25, -0.2) is 4.39 Å². The molecule has 0 saturated heterocycles. The first-order valence-electron chi connectivity index (χ1n) is 6.87. The molecule has 1 aromatic heterocycles. The van der Waals surface area contributed by atoms with Crippen LogP contribution in [-0.2, 0) is 17.9 Å². The average Bonchev–Trinajstić information content (AvgIpc) is 2.49.